The number of nitrogens with two attached hydrogens (primary N) is 2. The average Bonchev–Trinajstić information content (AvgIpc) is 2.98. The fourth-order valence-corrected chi connectivity index (χ4v) is 11.4. The van der Waals surface area contributed by atoms with Gasteiger partial charge in [0.25, 0.3) is 0 Å². The molecule has 0 fully saturated rings. The number of rotatable bonds is 10. The normalized spacial score (nSPS) is 12.0. The lowest BCUT2D eigenvalue weighted by atomic mass is 10.1. The average molecular weight is 1550 g/mol. The first-order valence-corrected chi connectivity index (χ1v) is 21.6. The smallest absolute Gasteiger partial charge is 0.320 e. The summed E-state index contributed by atoms with van der Waals surface area (Å²) in [6.45, 7) is 0. The summed E-state index contributed by atoms with van der Waals surface area (Å²) < 4.78 is 18.3. The predicted molar refractivity (Wildman–Crippen MR) is 250 cm³/mol. The maximum atomic E-state index is 10.9. The Morgan fingerprint density at radius 1 is 0.521 bits per heavy atom. The fraction of sp³-hybridized carbons (Fsp3) is 0.133. The molecule has 4 rings (SSSR count). The van der Waals surface area contributed by atoms with Crippen LogP contribution in [0.3, 0.4) is 0 Å². The van der Waals surface area contributed by atoms with Crippen LogP contribution in [0.25, 0.3) is 0 Å². The molecule has 1 unspecified atom stereocenters. The number of benzene rings is 4. The molecular formula is C30H22I8N2O8. The van der Waals surface area contributed by atoms with Crippen molar-refractivity contribution in [1.29, 1.82) is 0 Å². The van der Waals surface area contributed by atoms with Crippen LogP contribution in [-0.2, 0) is 22.4 Å². The molecule has 0 saturated carbocycles. The second-order valence-electron chi connectivity index (χ2n) is 9.75. The van der Waals surface area contributed by atoms with Gasteiger partial charge in [-0.1, -0.05) is 0 Å². The van der Waals surface area contributed by atoms with E-state index in [9.17, 15) is 19.8 Å². The molecule has 0 heterocycles. The van der Waals surface area contributed by atoms with Gasteiger partial charge >= 0.3 is 11.9 Å². The number of hydrogen-bond acceptors (Lipinski definition) is 8. The number of carboxylic acids is 2. The first-order chi connectivity index (χ1) is 22.4. The van der Waals surface area contributed by atoms with Crippen molar-refractivity contribution < 1.29 is 39.5 Å². The van der Waals surface area contributed by atoms with E-state index in [2.05, 4.69) is 181 Å². The highest BCUT2D eigenvalue weighted by atomic mass is 127. The molecule has 0 spiro atoms. The van der Waals surface area contributed by atoms with Crippen LogP contribution in [-0.4, -0.2) is 44.4 Å². The van der Waals surface area contributed by atoms with E-state index in [1.54, 1.807) is 24.3 Å². The molecule has 0 amide bonds. The molecule has 4 aromatic carbocycles. The van der Waals surface area contributed by atoms with Gasteiger partial charge in [-0.15, -0.1) is 0 Å². The molecular weight excluding hydrogens is 1530 g/mol. The molecule has 4 aromatic rings. The van der Waals surface area contributed by atoms with E-state index in [4.69, 9.17) is 31.2 Å². The van der Waals surface area contributed by atoms with Crippen molar-refractivity contribution in [3.8, 4) is 34.5 Å². The summed E-state index contributed by atoms with van der Waals surface area (Å²) in [7, 11) is 0. The minimum Gasteiger partial charge on any atom is -0.506 e. The Morgan fingerprint density at radius 3 is 1.00 bits per heavy atom. The van der Waals surface area contributed by atoms with E-state index >= 15 is 0 Å². The Balaban J connectivity index is 0.000000260. The maximum absolute atomic E-state index is 10.9. The van der Waals surface area contributed by atoms with Crippen LogP contribution < -0.4 is 20.9 Å². The highest BCUT2D eigenvalue weighted by Gasteiger charge is 2.18. The van der Waals surface area contributed by atoms with Gasteiger partial charge in [0.2, 0.25) is 0 Å². The number of phenolic OH excluding ortho intramolecular Hbond substituents is 2. The second kappa shape index (κ2) is 19.7. The van der Waals surface area contributed by atoms with Gasteiger partial charge in [-0.25, -0.2) is 0 Å². The summed E-state index contributed by atoms with van der Waals surface area (Å²) >= 11 is 16.8. The SMILES string of the molecule is NC(Cc1cc(I)c(Oc2cc(I)c(O)c(I)c2)c(I)c1)C(=O)O.N[C@@H](Cc1cc(I)c(Oc2cc(I)c(O)c(I)c2)c(I)c1)C(=O)O. The molecule has 8 N–H and O–H groups in total. The third kappa shape index (κ3) is 12.4. The molecule has 10 nitrogen and oxygen atoms in total. The number of carbonyl (C=O) groups is 2. The van der Waals surface area contributed by atoms with Crippen molar-refractivity contribution in [2.75, 3.05) is 0 Å². The first-order valence-electron chi connectivity index (χ1n) is 13.0. The Bertz CT molecular complexity index is 1640. The van der Waals surface area contributed by atoms with Crippen molar-refractivity contribution in [2.24, 2.45) is 11.5 Å². The standard InChI is InChI=1S/2C15H11I4NO4/c2*16-8-4-7(5-9(17)13(8)21)24-14-10(18)1-6(2-11(14)19)3-12(20)15(22)23/h2*1-2,4-5,12,21H,3,20H2,(H,22,23)/t12-;/m0./s1. The van der Waals surface area contributed by atoms with Crippen LogP contribution in [0.15, 0.2) is 48.5 Å². The minimum absolute atomic E-state index is 0.242. The summed E-state index contributed by atoms with van der Waals surface area (Å²) in [6.07, 6.45) is 0.521. The van der Waals surface area contributed by atoms with Crippen molar-refractivity contribution in [2.45, 2.75) is 24.9 Å². The zero-order chi connectivity index (χ0) is 36.0. The van der Waals surface area contributed by atoms with Crippen molar-refractivity contribution in [3.63, 3.8) is 0 Å². The van der Waals surface area contributed by atoms with Crippen LogP contribution in [0.5, 0.6) is 34.5 Å². The van der Waals surface area contributed by atoms with Crippen molar-refractivity contribution >= 4 is 193 Å². The molecule has 0 aliphatic carbocycles. The molecule has 0 saturated heterocycles. The number of aliphatic carboxylic acids is 2. The van der Waals surface area contributed by atoms with Crippen molar-refractivity contribution in [1.82, 2.24) is 0 Å². The van der Waals surface area contributed by atoms with Gasteiger partial charge in [-0.2, -0.15) is 0 Å². The van der Waals surface area contributed by atoms with Gasteiger partial charge in [0.1, 0.15) is 35.1 Å². The number of hydrogen-bond donors (Lipinski definition) is 6. The third-order valence-electron chi connectivity index (χ3n) is 6.08. The van der Waals surface area contributed by atoms with Gasteiger partial charge in [-0.3, -0.25) is 9.59 Å². The maximum Gasteiger partial charge on any atom is 0.320 e. The molecule has 0 aliphatic rings. The minimum atomic E-state index is -1.02. The lowest BCUT2D eigenvalue weighted by molar-refractivity contribution is -0.139. The summed E-state index contributed by atoms with van der Waals surface area (Å²) in [4.78, 5) is 21.8. The first kappa shape index (κ1) is 43.2. The lowest BCUT2D eigenvalue weighted by Gasteiger charge is -2.14. The van der Waals surface area contributed by atoms with Crippen LogP contribution in [0.1, 0.15) is 11.1 Å². The zero-order valence-corrected chi connectivity index (χ0v) is 41.0. The molecule has 256 valence electrons. The molecule has 0 aliphatic heterocycles. The molecule has 48 heavy (non-hydrogen) atoms. The van der Waals surface area contributed by atoms with Crippen LogP contribution >= 0.6 is 181 Å². The highest BCUT2D eigenvalue weighted by molar-refractivity contribution is 14.1. The number of halogens is 8. The highest BCUT2D eigenvalue weighted by Crippen LogP contribution is 2.38. The topological polar surface area (TPSA) is 186 Å². The summed E-state index contributed by atoms with van der Waals surface area (Å²) in [5, 5.41) is 37.5. The van der Waals surface area contributed by atoms with E-state index in [1.807, 2.05) is 24.3 Å². The number of aromatic hydroxyl groups is 2. The van der Waals surface area contributed by atoms with Crippen LogP contribution in [0.2, 0.25) is 0 Å². The van der Waals surface area contributed by atoms with E-state index in [-0.39, 0.29) is 24.3 Å². The largest absolute Gasteiger partial charge is 0.506 e. The predicted octanol–water partition coefficient (Wildman–Crippen LogP) is 9.11. The van der Waals surface area contributed by atoms with Gasteiger partial charge in [0, 0.05) is 0 Å². The zero-order valence-electron chi connectivity index (χ0n) is 23.8. The fourth-order valence-electron chi connectivity index (χ4n) is 3.78. The van der Waals surface area contributed by atoms with Gasteiger partial charge < -0.3 is 41.4 Å². The molecule has 0 aromatic heterocycles. The number of ether oxygens (including phenoxy) is 2. The quantitative estimate of drug-likeness (QED) is 0.0838. The third-order valence-corrected chi connectivity index (χ3v) is 12.6. The Hall–Kier alpha value is 0.780. The summed E-state index contributed by atoms with van der Waals surface area (Å²) in [5.74, 6) is 1.10. The van der Waals surface area contributed by atoms with Gasteiger partial charge in [-0.05, 0) is 253 Å². The van der Waals surface area contributed by atoms with E-state index in [0.29, 0.717) is 37.3 Å². The van der Waals surface area contributed by atoms with E-state index in [1.165, 1.54) is 0 Å². The second-order valence-corrected chi connectivity index (χ2v) is 19.0. The summed E-state index contributed by atoms with van der Waals surface area (Å²) in [5.41, 5.74) is 12.9. The van der Waals surface area contributed by atoms with Crippen LogP contribution in [0, 0.1) is 28.6 Å². The Kier molecular flexibility index (Phi) is 17.8. The molecule has 0 radical (unpaired) electrons. The van der Waals surface area contributed by atoms with E-state index < -0.39 is 24.0 Å². The number of phenols is 2. The molecule has 2 atom stereocenters. The van der Waals surface area contributed by atoms with Crippen LogP contribution in [0.4, 0.5) is 0 Å². The monoisotopic (exact) mass is 1550 g/mol. The molecule has 0 bridgehead atoms. The van der Waals surface area contributed by atoms with E-state index in [0.717, 1.165) is 25.4 Å². The van der Waals surface area contributed by atoms with Gasteiger partial charge in [0.15, 0.2) is 11.5 Å². The van der Waals surface area contributed by atoms with Gasteiger partial charge in [0.05, 0.1) is 28.6 Å². The Labute approximate surface area is 384 Å². The summed E-state index contributed by atoms with van der Waals surface area (Å²) in [6, 6.07) is 12.7. The van der Waals surface area contributed by atoms with Crippen molar-refractivity contribution in [3.05, 3.63) is 88.2 Å². The lowest BCUT2D eigenvalue weighted by Crippen LogP contribution is -2.32. The molecule has 18 heteroatoms. The number of carboxylic acid groups (broad SMARTS) is 2. The Morgan fingerprint density at radius 2 is 0.771 bits per heavy atom.